The van der Waals surface area contributed by atoms with Crippen LogP contribution in [0.4, 0.5) is 0 Å². The van der Waals surface area contributed by atoms with Crippen molar-refractivity contribution in [1.29, 1.82) is 0 Å². The first-order valence-electron chi connectivity index (χ1n) is 5.95. The molecule has 2 aromatic rings. The molecule has 0 unspecified atom stereocenters. The molecule has 0 aromatic heterocycles. The molecule has 3 nitrogen and oxygen atoms in total. The van der Waals surface area contributed by atoms with Crippen molar-refractivity contribution in [3.8, 4) is 5.75 Å². The van der Waals surface area contributed by atoms with Gasteiger partial charge in [-0.2, -0.15) is 0 Å². The van der Waals surface area contributed by atoms with E-state index in [2.05, 4.69) is 0 Å². The molecule has 0 fully saturated rings. The van der Waals surface area contributed by atoms with Crippen LogP contribution in [0.2, 0.25) is 5.02 Å². The van der Waals surface area contributed by atoms with Crippen LogP contribution >= 0.6 is 11.6 Å². The van der Waals surface area contributed by atoms with Gasteiger partial charge in [-0.1, -0.05) is 35.9 Å². The maximum Gasteiger partial charge on any atom is 0.336 e. The van der Waals surface area contributed by atoms with Crippen molar-refractivity contribution < 1.29 is 14.6 Å². The molecule has 0 aliphatic heterocycles. The topological polar surface area (TPSA) is 46.5 Å². The highest BCUT2D eigenvalue weighted by Crippen LogP contribution is 2.21. The summed E-state index contributed by atoms with van der Waals surface area (Å²) in [6, 6.07) is 12.2. The molecule has 0 aliphatic carbocycles. The van der Waals surface area contributed by atoms with Crippen molar-refractivity contribution in [2.45, 2.75) is 0 Å². The summed E-state index contributed by atoms with van der Waals surface area (Å²) in [4.78, 5) is 11.2. The zero-order valence-corrected chi connectivity index (χ0v) is 11.6. The molecule has 0 atom stereocenters. The second-order valence-electron chi connectivity index (χ2n) is 4.15. The molecule has 0 amide bonds. The summed E-state index contributed by atoms with van der Waals surface area (Å²) in [6.45, 7) is 0. The van der Waals surface area contributed by atoms with Crippen molar-refractivity contribution in [2.75, 3.05) is 7.11 Å². The predicted octanol–water partition coefficient (Wildman–Crippen LogP) is 4.22. The highest BCUT2D eigenvalue weighted by Gasteiger charge is 2.08. The number of rotatable bonds is 4. The molecule has 1 N–H and O–H groups in total. The third kappa shape index (κ3) is 3.39. The highest BCUT2D eigenvalue weighted by atomic mass is 35.5. The highest BCUT2D eigenvalue weighted by molar-refractivity contribution is 6.30. The molecular weight excluding hydrogens is 276 g/mol. The quantitative estimate of drug-likeness (QED) is 0.857. The van der Waals surface area contributed by atoms with Gasteiger partial charge in [-0.3, -0.25) is 0 Å². The SMILES string of the molecule is COc1ccc(C(=O)O)c(C=Cc2cccc(Cl)c2)c1. The molecule has 0 bridgehead atoms. The van der Waals surface area contributed by atoms with E-state index in [9.17, 15) is 9.90 Å². The smallest absolute Gasteiger partial charge is 0.336 e. The second-order valence-corrected chi connectivity index (χ2v) is 4.58. The largest absolute Gasteiger partial charge is 0.497 e. The summed E-state index contributed by atoms with van der Waals surface area (Å²) in [5.74, 6) is -0.362. The van der Waals surface area contributed by atoms with Crippen LogP contribution in [0, 0.1) is 0 Å². The molecule has 0 aliphatic rings. The number of carboxylic acids is 1. The summed E-state index contributed by atoms with van der Waals surface area (Å²) in [5, 5.41) is 9.81. The Hall–Kier alpha value is -2.26. The lowest BCUT2D eigenvalue weighted by Gasteiger charge is -2.05. The molecular formula is C16H13ClO3. The third-order valence-corrected chi connectivity index (χ3v) is 3.03. The predicted molar refractivity (Wildman–Crippen MR) is 80.3 cm³/mol. The fraction of sp³-hybridized carbons (Fsp3) is 0.0625. The lowest BCUT2D eigenvalue weighted by atomic mass is 10.1. The maximum atomic E-state index is 11.2. The Bertz CT molecular complexity index is 663. The fourth-order valence-electron chi connectivity index (χ4n) is 1.80. The first kappa shape index (κ1) is 14.2. The van der Waals surface area contributed by atoms with Gasteiger partial charge < -0.3 is 9.84 Å². The van der Waals surface area contributed by atoms with Crippen LogP contribution in [-0.2, 0) is 0 Å². The fourth-order valence-corrected chi connectivity index (χ4v) is 2.00. The molecule has 20 heavy (non-hydrogen) atoms. The minimum Gasteiger partial charge on any atom is -0.497 e. The molecule has 0 spiro atoms. The van der Waals surface area contributed by atoms with E-state index in [-0.39, 0.29) is 5.56 Å². The number of halogens is 1. The van der Waals surface area contributed by atoms with E-state index in [1.54, 1.807) is 37.5 Å². The van der Waals surface area contributed by atoms with Gasteiger partial charge in [-0.15, -0.1) is 0 Å². The number of carbonyl (C=O) groups is 1. The van der Waals surface area contributed by atoms with E-state index in [0.717, 1.165) is 5.56 Å². The zero-order chi connectivity index (χ0) is 14.5. The average Bonchev–Trinajstić information content (AvgIpc) is 2.44. The van der Waals surface area contributed by atoms with E-state index >= 15 is 0 Å². The molecule has 102 valence electrons. The summed E-state index contributed by atoms with van der Waals surface area (Å²) in [6.07, 6.45) is 3.55. The minimum atomic E-state index is -0.974. The Kier molecular flexibility index (Phi) is 4.43. The minimum absolute atomic E-state index is 0.226. The Morgan fingerprint density at radius 3 is 2.65 bits per heavy atom. The van der Waals surface area contributed by atoms with E-state index in [4.69, 9.17) is 16.3 Å². The average molecular weight is 289 g/mol. The van der Waals surface area contributed by atoms with Crippen molar-refractivity contribution in [3.63, 3.8) is 0 Å². The van der Waals surface area contributed by atoms with Crippen LogP contribution in [0.25, 0.3) is 12.2 Å². The Balaban J connectivity index is 2.38. The van der Waals surface area contributed by atoms with Crippen molar-refractivity contribution >= 4 is 29.7 Å². The first-order chi connectivity index (χ1) is 9.60. The standard InChI is InChI=1S/C16H13ClO3/c1-20-14-7-8-15(16(18)19)12(10-14)6-5-11-3-2-4-13(17)9-11/h2-10H,1H3,(H,18,19). The van der Waals surface area contributed by atoms with Crippen LogP contribution < -0.4 is 4.74 Å². The van der Waals surface area contributed by atoms with Crippen molar-refractivity contribution in [3.05, 3.63) is 64.2 Å². The van der Waals surface area contributed by atoms with E-state index in [1.807, 2.05) is 18.2 Å². The molecule has 0 heterocycles. The Morgan fingerprint density at radius 2 is 2.00 bits per heavy atom. The van der Waals surface area contributed by atoms with Gasteiger partial charge in [0, 0.05) is 5.02 Å². The molecule has 0 saturated carbocycles. The summed E-state index contributed by atoms with van der Waals surface area (Å²) in [7, 11) is 1.54. The lowest BCUT2D eigenvalue weighted by molar-refractivity contribution is 0.0696. The number of benzene rings is 2. The zero-order valence-electron chi connectivity index (χ0n) is 10.8. The Labute approximate surface area is 122 Å². The molecule has 4 heteroatoms. The van der Waals surface area contributed by atoms with Gasteiger partial charge in [0.2, 0.25) is 0 Å². The van der Waals surface area contributed by atoms with Crippen LogP contribution in [-0.4, -0.2) is 18.2 Å². The van der Waals surface area contributed by atoms with Crippen LogP contribution in [0.5, 0.6) is 5.75 Å². The van der Waals surface area contributed by atoms with Gasteiger partial charge in [0.25, 0.3) is 0 Å². The number of hydrogen-bond donors (Lipinski definition) is 1. The van der Waals surface area contributed by atoms with Gasteiger partial charge in [-0.25, -0.2) is 4.79 Å². The van der Waals surface area contributed by atoms with Crippen molar-refractivity contribution in [2.24, 2.45) is 0 Å². The van der Waals surface area contributed by atoms with Crippen LogP contribution in [0.3, 0.4) is 0 Å². The van der Waals surface area contributed by atoms with Gasteiger partial charge in [-0.05, 0) is 41.5 Å². The van der Waals surface area contributed by atoms with Gasteiger partial charge in [0.05, 0.1) is 12.7 Å². The van der Waals surface area contributed by atoms with E-state index in [0.29, 0.717) is 16.3 Å². The number of methoxy groups -OCH3 is 1. The summed E-state index contributed by atoms with van der Waals surface area (Å²) in [5.41, 5.74) is 1.71. The number of ether oxygens (including phenoxy) is 1. The van der Waals surface area contributed by atoms with Gasteiger partial charge >= 0.3 is 5.97 Å². The maximum absolute atomic E-state index is 11.2. The van der Waals surface area contributed by atoms with Crippen LogP contribution in [0.1, 0.15) is 21.5 Å². The van der Waals surface area contributed by atoms with Gasteiger partial charge in [0.1, 0.15) is 5.75 Å². The van der Waals surface area contributed by atoms with Gasteiger partial charge in [0.15, 0.2) is 0 Å². The first-order valence-corrected chi connectivity index (χ1v) is 6.33. The molecule has 0 saturated heterocycles. The van der Waals surface area contributed by atoms with Crippen LogP contribution in [0.15, 0.2) is 42.5 Å². The number of aromatic carboxylic acids is 1. The summed E-state index contributed by atoms with van der Waals surface area (Å²) >= 11 is 5.91. The van der Waals surface area contributed by atoms with E-state index in [1.165, 1.54) is 6.07 Å². The normalized spacial score (nSPS) is 10.7. The third-order valence-electron chi connectivity index (χ3n) is 2.79. The number of carboxylic acid groups (broad SMARTS) is 1. The second kappa shape index (κ2) is 6.26. The molecule has 2 aromatic carbocycles. The Morgan fingerprint density at radius 1 is 1.20 bits per heavy atom. The summed E-state index contributed by atoms with van der Waals surface area (Å²) < 4.78 is 5.11. The van der Waals surface area contributed by atoms with E-state index < -0.39 is 5.97 Å². The van der Waals surface area contributed by atoms with Crippen molar-refractivity contribution in [1.82, 2.24) is 0 Å². The molecule has 2 rings (SSSR count). The lowest BCUT2D eigenvalue weighted by Crippen LogP contribution is -1.99. The monoisotopic (exact) mass is 288 g/mol. The number of hydrogen-bond acceptors (Lipinski definition) is 2. The molecule has 0 radical (unpaired) electrons.